The Morgan fingerprint density at radius 1 is 1.31 bits per heavy atom. The van der Waals surface area contributed by atoms with Gasteiger partial charge in [-0.25, -0.2) is 0 Å². The Kier molecular flexibility index (Phi) is 2.41. The second kappa shape index (κ2) is 3.71. The van der Waals surface area contributed by atoms with Crippen LogP contribution in [-0.2, 0) is 0 Å². The third-order valence-electron chi connectivity index (χ3n) is 2.44. The third kappa shape index (κ3) is 1.78. The minimum Gasteiger partial charge on any atom is -0.307 e. The second-order valence-electron chi connectivity index (χ2n) is 3.38. The lowest BCUT2D eigenvalue weighted by Gasteiger charge is -2.07. The van der Waals surface area contributed by atoms with E-state index in [4.69, 9.17) is 0 Å². The Morgan fingerprint density at radius 2 is 2.08 bits per heavy atom. The topological polar surface area (TPSA) is 29.1 Å². The largest absolute Gasteiger partial charge is 0.307 e. The van der Waals surface area contributed by atoms with Crippen molar-refractivity contribution in [3.8, 4) is 0 Å². The Balaban J connectivity index is 2.13. The summed E-state index contributed by atoms with van der Waals surface area (Å²) in [7, 11) is 0. The first kappa shape index (κ1) is 8.45. The SMILES string of the molecule is O=C(c1ccccc1)[C@@H]1CCCN1. The van der Waals surface area contributed by atoms with E-state index in [0.717, 1.165) is 24.9 Å². The third-order valence-corrected chi connectivity index (χ3v) is 2.44. The molecule has 0 aliphatic carbocycles. The van der Waals surface area contributed by atoms with Gasteiger partial charge in [0.25, 0.3) is 0 Å². The van der Waals surface area contributed by atoms with Gasteiger partial charge in [0.1, 0.15) is 0 Å². The molecular weight excluding hydrogens is 162 g/mol. The summed E-state index contributed by atoms with van der Waals surface area (Å²) in [5, 5.41) is 3.21. The van der Waals surface area contributed by atoms with Gasteiger partial charge < -0.3 is 5.32 Å². The molecule has 0 spiro atoms. The Labute approximate surface area is 78.0 Å². The predicted octanol–water partition coefficient (Wildman–Crippen LogP) is 1.62. The van der Waals surface area contributed by atoms with Crippen molar-refractivity contribution in [3.05, 3.63) is 35.9 Å². The van der Waals surface area contributed by atoms with E-state index in [9.17, 15) is 4.79 Å². The molecule has 1 aromatic rings. The molecule has 1 fully saturated rings. The maximum Gasteiger partial charge on any atom is 0.179 e. The van der Waals surface area contributed by atoms with Gasteiger partial charge in [0.2, 0.25) is 0 Å². The van der Waals surface area contributed by atoms with Crippen LogP contribution in [0.3, 0.4) is 0 Å². The van der Waals surface area contributed by atoms with Crippen LogP contribution < -0.4 is 5.32 Å². The molecule has 1 saturated heterocycles. The zero-order valence-corrected chi connectivity index (χ0v) is 7.49. The van der Waals surface area contributed by atoms with Gasteiger partial charge in [-0.2, -0.15) is 0 Å². The molecule has 68 valence electrons. The van der Waals surface area contributed by atoms with Gasteiger partial charge in [0.15, 0.2) is 5.78 Å². The molecule has 1 aliphatic heterocycles. The Bertz CT molecular complexity index is 288. The summed E-state index contributed by atoms with van der Waals surface area (Å²) < 4.78 is 0. The first-order valence-corrected chi connectivity index (χ1v) is 4.70. The summed E-state index contributed by atoms with van der Waals surface area (Å²) >= 11 is 0. The standard InChI is InChI=1S/C11H13NO/c13-11(10-7-4-8-12-10)9-5-2-1-3-6-9/h1-3,5-6,10,12H,4,7-8H2/t10-/m0/s1. The van der Waals surface area contributed by atoms with E-state index in [2.05, 4.69) is 5.32 Å². The summed E-state index contributed by atoms with van der Waals surface area (Å²) in [6, 6.07) is 9.55. The monoisotopic (exact) mass is 175 g/mol. The lowest BCUT2D eigenvalue weighted by molar-refractivity contribution is 0.0952. The highest BCUT2D eigenvalue weighted by atomic mass is 16.1. The van der Waals surface area contributed by atoms with Crippen LogP contribution in [0.2, 0.25) is 0 Å². The quantitative estimate of drug-likeness (QED) is 0.692. The number of hydrogen-bond acceptors (Lipinski definition) is 2. The van der Waals surface area contributed by atoms with Crippen molar-refractivity contribution in [2.24, 2.45) is 0 Å². The van der Waals surface area contributed by atoms with Gasteiger partial charge in [-0.3, -0.25) is 4.79 Å². The molecule has 0 amide bonds. The molecule has 1 aromatic carbocycles. The zero-order valence-electron chi connectivity index (χ0n) is 7.49. The van der Waals surface area contributed by atoms with Crippen LogP contribution in [0.5, 0.6) is 0 Å². The molecular formula is C11H13NO. The van der Waals surface area contributed by atoms with E-state index >= 15 is 0 Å². The minimum absolute atomic E-state index is 0.0578. The first-order chi connectivity index (χ1) is 6.38. The molecule has 2 heteroatoms. The average molecular weight is 175 g/mol. The number of rotatable bonds is 2. The summed E-state index contributed by atoms with van der Waals surface area (Å²) in [5.74, 6) is 0.234. The fourth-order valence-corrected chi connectivity index (χ4v) is 1.71. The number of carbonyl (C=O) groups is 1. The van der Waals surface area contributed by atoms with E-state index in [0.29, 0.717) is 0 Å². The van der Waals surface area contributed by atoms with Crippen molar-refractivity contribution >= 4 is 5.78 Å². The van der Waals surface area contributed by atoms with Crippen LogP contribution in [0, 0.1) is 0 Å². The van der Waals surface area contributed by atoms with Crippen LogP contribution in [0.4, 0.5) is 0 Å². The minimum atomic E-state index is 0.0578. The van der Waals surface area contributed by atoms with Crippen molar-refractivity contribution in [2.45, 2.75) is 18.9 Å². The number of carbonyl (C=O) groups excluding carboxylic acids is 1. The average Bonchev–Trinajstić information content (AvgIpc) is 2.71. The highest BCUT2D eigenvalue weighted by Crippen LogP contribution is 2.11. The van der Waals surface area contributed by atoms with Crippen molar-refractivity contribution < 1.29 is 4.79 Å². The van der Waals surface area contributed by atoms with Gasteiger partial charge >= 0.3 is 0 Å². The summed E-state index contributed by atoms with van der Waals surface area (Å²) in [4.78, 5) is 11.8. The van der Waals surface area contributed by atoms with E-state index in [1.165, 1.54) is 0 Å². The van der Waals surface area contributed by atoms with Crippen molar-refractivity contribution in [1.29, 1.82) is 0 Å². The van der Waals surface area contributed by atoms with E-state index in [-0.39, 0.29) is 11.8 Å². The lowest BCUT2D eigenvalue weighted by Crippen LogP contribution is -2.30. The van der Waals surface area contributed by atoms with E-state index < -0.39 is 0 Å². The highest BCUT2D eigenvalue weighted by Gasteiger charge is 2.22. The predicted molar refractivity (Wildman–Crippen MR) is 51.8 cm³/mol. The fourth-order valence-electron chi connectivity index (χ4n) is 1.71. The molecule has 0 unspecified atom stereocenters. The number of Topliss-reactive ketones (excluding diaryl/α,β-unsaturated/α-hetero) is 1. The summed E-state index contributed by atoms with van der Waals surface area (Å²) in [6.45, 7) is 0.975. The van der Waals surface area contributed by atoms with Gasteiger partial charge in [-0.05, 0) is 19.4 Å². The number of hydrogen-bond donors (Lipinski definition) is 1. The molecule has 1 N–H and O–H groups in total. The van der Waals surface area contributed by atoms with Gasteiger partial charge in [0, 0.05) is 5.56 Å². The van der Waals surface area contributed by atoms with E-state index in [1.54, 1.807) is 0 Å². The van der Waals surface area contributed by atoms with Crippen molar-refractivity contribution in [3.63, 3.8) is 0 Å². The van der Waals surface area contributed by atoms with Crippen LogP contribution >= 0.6 is 0 Å². The molecule has 0 bridgehead atoms. The van der Waals surface area contributed by atoms with Gasteiger partial charge in [-0.15, -0.1) is 0 Å². The van der Waals surface area contributed by atoms with Crippen molar-refractivity contribution in [2.75, 3.05) is 6.54 Å². The Hall–Kier alpha value is -1.15. The maximum absolute atomic E-state index is 11.8. The number of nitrogens with one attached hydrogen (secondary N) is 1. The Morgan fingerprint density at radius 3 is 2.69 bits per heavy atom. The maximum atomic E-state index is 11.8. The summed E-state index contributed by atoms with van der Waals surface area (Å²) in [6.07, 6.45) is 2.09. The molecule has 13 heavy (non-hydrogen) atoms. The van der Waals surface area contributed by atoms with E-state index in [1.807, 2.05) is 30.3 Å². The first-order valence-electron chi connectivity index (χ1n) is 4.70. The van der Waals surface area contributed by atoms with Crippen LogP contribution in [0.15, 0.2) is 30.3 Å². The fraction of sp³-hybridized carbons (Fsp3) is 0.364. The molecule has 0 aromatic heterocycles. The molecule has 0 radical (unpaired) electrons. The molecule has 1 heterocycles. The second-order valence-corrected chi connectivity index (χ2v) is 3.38. The zero-order chi connectivity index (χ0) is 9.10. The molecule has 1 atom stereocenters. The smallest absolute Gasteiger partial charge is 0.179 e. The number of ketones is 1. The van der Waals surface area contributed by atoms with Gasteiger partial charge in [-0.1, -0.05) is 30.3 Å². The summed E-state index contributed by atoms with van der Waals surface area (Å²) in [5.41, 5.74) is 0.821. The van der Waals surface area contributed by atoms with Crippen LogP contribution in [0.25, 0.3) is 0 Å². The van der Waals surface area contributed by atoms with Crippen molar-refractivity contribution in [1.82, 2.24) is 5.32 Å². The molecule has 0 saturated carbocycles. The highest BCUT2D eigenvalue weighted by molar-refractivity contribution is 6.00. The van der Waals surface area contributed by atoms with Crippen LogP contribution in [-0.4, -0.2) is 18.4 Å². The molecule has 2 rings (SSSR count). The lowest BCUT2D eigenvalue weighted by atomic mass is 10.0. The molecule has 1 aliphatic rings. The number of benzene rings is 1. The van der Waals surface area contributed by atoms with Crippen LogP contribution in [0.1, 0.15) is 23.2 Å². The normalized spacial score (nSPS) is 21.7. The van der Waals surface area contributed by atoms with Gasteiger partial charge in [0.05, 0.1) is 6.04 Å². The molecule has 2 nitrogen and oxygen atoms in total.